The second-order valence-electron chi connectivity index (χ2n) is 4.75. The van der Waals surface area contributed by atoms with E-state index in [2.05, 4.69) is 22.5 Å². The van der Waals surface area contributed by atoms with E-state index in [1.165, 1.54) is 18.4 Å². The summed E-state index contributed by atoms with van der Waals surface area (Å²) in [7, 11) is 1.87. The maximum absolute atomic E-state index is 5.69. The number of ether oxygens (including phenoxy) is 1. The molecular formula is C14H17N3O. The van der Waals surface area contributed by atoms with Gasteiger partial charge in [-0.05, 0) is 30.5 Å². The largest absolute Gasteiger partial charge is 0.454 e. The van der Waals surface area contributed by atoms with Crippen LogP contribution in [0.5, 0.6) is 11.5 Å². The van der Waals surface area contributed by atoms with Crippen molar-refractivity contribution in [3.05, 3.63) is 42.2 Å². The highest BCUT2D eigenvalue weighted by Gasteiger charge is 2.19. The van der Waals surface area contributed by atoms with Gasteiger partial charge in [-0.25, -0.2) is 0 Å². The standard InChI is InChI=1S/C14H17N3O/c1-17-10-14(9-16-17)18-13-6-2-11(3-7-13)8-15-12-4-5-12/h2-3,6-7,9-10,12,15H,4-5,8H2,1H3. The highest BCUT2D eigenvalue weighted by molar-refractivity contribution is 5.31. The van der Waals surface area contributed by atoms with Crippen LogP contribution in [0, 0.1) is 0 Å². The van der Waals surface area contributed by atoms with E-state index in [0.29, 0.717) is 0 Å². The molecule has 0 aliphatic heterocycles. The highest BCUT2D eigenvalue weighted by Crippen LogP contribution is 2.22. The van der Waals surface area contributed by atoms with Crippen molar-refractivity contribution >= 4 is 0 Å². The minimum absolute atomic E-state index is 0.747. The molecule has 0 unspecified atom stereocenters. The fraction of sp³-hybridized carbons (Fsp3) is 0.357. The van der Waals surface area contributed by atoms with Crippen LogP contribution in [0.4, 0.5) is 0 Å². The zero-order chi connectivity index (χ0) is 12.4. The van der Waals surface area contributed by atoms with Crippen molar-refractivity contribution in [2.75, 3.05) is 0 Å². The van der Waals surface area contributed by atoms with Gasteiger partial charge in [0.25, 0.3) is 0 Å². The van der Waals surface area contributed by atoms with E-state index in [-0.39, 0.29) is 0 Å². The summed E-state index contributed by atoms with van der Waals surface area (Å²) in [5, 5.41) is 7.56. The Balaban J connectivity index is 1.59. The number of aromatic nitrogens is 2. The van der Waals surface area contributed by atoms with Gasteiger partial charge in [0.05, 0.1) is 12.4 Å². The Morgan fingerprint density at radius 3 is 2.67 bits per heavy atom. The van der Waals surface area contributed by atoms with E-state index >= 15 is 0 Å². The molecule has 1 aromatic heterocycles. The zero-order valence-electron chi connectivity index (χ0n) is 10.5. The molecule has 1 aromatic carbocycles. The summed E-state index contributed by atoms with van der Waals surface area (Å²) in [4.78, 5) is 0. The lowest BCUT2D eigenvalue weighted by Crippen LogP contribution is -2.14. The number of nitrogens with one attached hydrogen (secondary N) is 1. The van der Waals surface area contributed by atoms with E-state index in [4.69, 9.17) is 4.74 Å². The van der Waals surface area contributed by atoms with Crippen molar-refractivity contribution in [3.8, 4) is 11.5 Å². The Kier molecular flexibility index (Phi) is 3.02. The van der Waals surface area contributed by atoms with Crippen molar-refractivity contribution in [2.24, 2.45) is 7.05 Å². The molecule has 0 radical (unpaired) electrons. The molecule has 1 saturated carbocycles. The number of hydrogen-bond donors (Lipinski definition) is 1. The monoisotopic (exact) mass is 243 g/mol. The number of hydrogen-bond acceptors (Lipinski definition) is 3. The number of benzene rings is 1. The smallest absolute Gasteiger partial charge is 0.165 e. The van der Waals surface area contributed by atoms with Crippen LogP contribution in [0.15, 0.2) is 36.7 Å². The number of aryl methyl sites for hydroxylation is 1. The van der Waals surface area contributed by atoms with Gasteiger partial charge in [0.2, 0.25) is 0 Å². The Morgan fingerprint density at radius 1 is 1.28 bits per heavy atom. The molecular weight excluding hydrogens is 226 g/mol. The van der Waals surface area contributed by atoms with Crippen LogP contribution in [0.25, 0.3) is 0 Å². The van der Waals surface area contributed by atoms with Crippen LogP contribution >= 0.6 is 0 Å². The maximum Gasteiger partial charge on any atom is 0.165 e. The first-order chi connectivity index (χ1) is 8.79. The van der Waals surface area contributed by atoms with Crippen LogP contribution in [0.2, 0.25) is 0 Å². The van der Waals surface area contributed by atoms with Crippen molar-refractivity contribution in [3.63, 3.8) is 0 Å². The van der Waals surface area contributed by atoms with E-state index < -0.39 is 0 Å². The molecule has 18 heavy (non-hydrogen) atoms. The molecule has 2 aromatic rings. The third-order valence-corrected chi connectivity index (χ3v) is 3.01. The summed E-state index contributed by atoms with van der Waals surface area (Å²) >= 11 is 0. The van der Waals surface area contributed by atoms with E-state index in [0.717, 1.165) is 24.1 Å². The van der Waals surface area contributed by atoms with Gasteiger partial charge in [0.1, 0.15) is 5.75 Å². The predicted molar refractivity (Wildman–Crippen MR) is 69.6 cm³/mol. The van der Waals surface area contributed by atoms with Gasteiger partial charge in [0.15, 0.2) is 5.75 Å². The molecule has 1 aliphatic carbocycles. The molecule has 1 aliphatic rings. The van der Waals surface area contributed by atoms with Gasteiger partial charge in [-0.2, -0.15) is 5.10 Å². The second-order valence-corrected chi connectivity index (χ2v) is 4.75. The number of nitrogens with zero attached hydrogens (tertiary/aromatic N) is 2. The first kappa shape index (κ1) is 11.3. The quantitative estimate of drug-likeness (QED) is 0.876. The highest BCUT2D eigenvalue weighted by atomic mass is 16.5. The minimum atomic E-state index is 0.747. The Bertz CT molecular complexity index is 514. The fourth-order valence-corrected chi connectivity index (χ4v) is 1.81. The average Bonchev–Trinajstić information content (AvgIpc) is 3.12. The Morgan fingerprint density at radius 2 is 2.06 bits per heavy atom. The molecule has 1 N–H and O–H groups in total. The average molecular weight is 243 g/mol. The summed E-state index contributed by atoms with van der Waals surface area (Å²) in [6, 6.07) is 8.94. The minimum Gasteiger partial charge on any atom is -0.454 e. The number of rotatable bonds is 5. The fourth-order valence-electron chi connectivity index (χ4n) is 1.81. The van der Waals surface area contributed by atoms with Crippen molar-refractivity contribution in [1.82, 2.24) is 15.1 Å². The Labute approximate surface area is 107 Å². The van der Waals surface area contributed by atoms with E-state index in [9.17, 15) is 0 Å². The van der Waals surface area contributed by atoms with Crippen molar-refractivity contribution in [2.45, 2.75) is 25.4 Å². The molecule has 1 fully saturated rings. The van der Waals surface area contributed by atoms with Crippen LogP contribution in [0.3, 0.4) is 0 Å². The van der Waals surface area contributed by atoms with E-state index in [1.54, 1.807) is 10.9 Å². The topological polar surface area (TPSA) is 39.1 Å². The molecule has 0 atom stereocenters. The molecule has 3 rings (SSSR count). The lowest BCUT2D eigenvalue weighted by atomic mass is 10.2. The molecule has 0 bridgehead atoms. The van der Waals surface area contributed by atoms with Crippen LogP contribution in [-0.4, -0.2) is 15.8 Å². The summed E-state index contributed by atoms with van der Waals surface area (Å²) in [6.07, 6.45) is 6.20. The molecule has 4 nitrogen and oxygen atoms in total. The van der Waals surface area contributed by atoms with Gasteiger partial charge in [-0.3, -0.25) is 4.68 Å². The SMILES string of the molecule is Cn1cc(Oc2ccc(CNC3CC3)cc2)cn1. The van der Waals surface area contributed by atoms with Gasteiger partial charge in [-0.1, -0.05) is 12.1 Å². The van der Waals surface area contributed by atoms with Gasteiger partial charge in [0, 0.05) is 19.6 Å². The molecule has 94 valence electrons. The van der Waals surface area contributed by atoms with Gasteiger partial charge < -0.3 is 10.1 Å². The maximum atomic E-state index is 5.69. The normalized spacial score (nSPS) is 14.7. The zero-order valence-corrected chi connectivity index (χ0v) is 10.5. The van der Waals surface area contributed by atoms with Crippen LogP contribution < -0.4 is 10.1 Å². The third-order valence-electron chi connectivity index (χ3n) is 3.01. The molecule has 4 heteroatoms. The first-order valence-corrected chi connectivity index (χ1v) is 6.28. The summed E-state index contributed by atoms with van der Waals surface area (Å²) in [5.74, 6) is 1.61. The van der Waals surface area contributed by atoms with Crippen molar-refractivity contribution in [1.29, 1.82) is 0 Å². The molecule has 1 heterocycles. The summed E-state index contributed by atoms with van der Waals surface area (Å²) in [6.45, 7) is 0.942. The second kappa shape index (κ2) is 4.82. The third kappa shape index (κ3) is 2.90. The predicted octanol–water partition coefficient (Wildman–Crippen LogP) is 2.46. The summed E-state index contributed by atoms with van der Waals surface area (Å²) < 4.78 is 7.41. The molecule has 0 saturated heterocycles. The van der Waals surface area contributed by atoms with E-state index in [1.807, 2.05) is 25.4 Å². The molecule has 0 spiro atoms. The summed E-state index contributed by atoms with van der Waals surface area (Å²) in [5.41, 5.74) is 1.29. The van der Waals surface area contributed by atoms with Crippen molar-refractivity contribution < 1.29 is 4.74 Å². The Hall–Kier alpha value is -1.81. The van der Waals surface area contributed by atoms with Gasteiger partial charge >= 0.3 is 0 Å². The van der Waals surface area contributed by atoms with Crippen LogP contribution in [-0.2, 0) is 13.6 Å². The van der Waals surface area contributed by atoms with Gasteiger partial charge in [-0.15, -0.1) is 0 Å². The molecule has 0 amide bonds. The lowest BCUT2D eigenvalue weighted by molar-refractivity contribution is 0.481. The lowest BCUT2D eigenvalue weighted by Gasteiger charge is -2.05. The first-order valence-electron chi connectivity index (χ1n) is 6.28. The van der Waals surface area contributed by atoms with Crippen LogP contribution in [0.1, 0.15) is 18.4 Å².